The van der Waals surface area contributed by atoms with Crippen molar-refractivity contribution in [2.45, 2.75) is 85.2 Å². The fraction of sp³-hybridized carbons (Fsp3) is 0.640. The summed E-state index contributed by atoms with van der Waals surface area (Å²) in [5.41, 5.74) is -0.722. The van der Waals surface area contributed by atoms with Crippen molar-refractivity contribution in [1.82, 2.24) is 20.1 Å². The minimum atomic E-state index is -3.07. The summed E-state index contributed by atoms with van der Waals surface area (Å²) in [4.78, 5) is 17.4. The molecule has 200 valence electrons. The van der Waals surface area contributed by atoms with Crippen LogP contribution in [0.5, 0.6) is 5.75 Å². The highest BCUT2D eigenvalue weighted by atomic mass is 35.5. The molecule has 3 N–H and O–H groups in total. The number of carbonyl (C=O) groups is 1. The maximum absolute atomic E-state index is 13.3. The van der Waals surface area contributed by atoms with Crippen molar-refractivity contribution in [3.05, 3.63) is 28.7 Å². The summed E-state index contributed by atoms with van der Waals surface area (Å²) < 4.78 is 32.8. The van der Waals surface area contributed by atoms with Gasteiger partial charge in [-0.3, -0.25) is 14.5 Å². The molecular formula is C25H35ClF2N4O4. The number of nitrogens with zero attached hydrogens (tertiary/aromatic N) is 3. The average molecular weight is 529 g/mol. The number of pyridine rings is 1. The highest BCUT2D eigenvalue weighted by Gasteiger charge is 2.40. The van der Waals surface area contributed by atoms with Gasteiger partial charge in [0.15, 0.2) is 5.69 Å². The minimum Gasteiger partial charge on any atom is -0.434 e. The molecular weight excluding hydrogens is 494 g/mol. The van der Waals surface area contributed by atoms with Crippen LogP contribution in [-0.4, -0.2) is 55.7 Å². The van der Waals surface area contributed by atoms with E-state index in [1.54, 1.807) is 6.92 Å². The highest BCUT2D eigenvalue weighted by Crippen LogP contribution is 2.38. The van der Waals surface area contributed by atoms with Crippen molar-refractivity contribution >= 4 is 17.5 Å². The number of aliphatic hydroxyl groups excluding tert-OH is 1. The number of aromatic nitrogens is 3. The van der Waals surface area contributed by atoms with Crippen molar-refractivity contribution < 1.29 is 28.5 Å². The molecule has 11 heteroatoms. The van der Waals surface area contributed by atoms with Gasteiger partial charge < -0.3 is 20.3 Å². The molecule has 1 saturated carbocycles. The fourth-order valence-electron chi connectivity index (χ4n) is 4.46. The van der Waals surface area contributed by atoms with Gasteiger partial charge in [-0.1, -0.05) is 39.3 Å². The Morgan fingerprint density at radius 3 is 2.69 bits per heavy atom. The highest BCUT2D eigenvalue weighted by molar-refractivity contribution is 6.36. The van der Waals surface area contributed by atoms with Gasteiger partial charge in [0.25, 0.3) is 5.91 Å². The van der Waals surface area contributed by atoms with Crippen LogP contribution in [-0.2, 0) is 13.0 Å². The van der Waals surface area contributed by atoms with Gasteiger partial charge in [-0.05, 0) is 43.9 Å². The molecule has 2 heterocycles. The normalized spacial score (nSPS) is 22.6. The van der Waals surface area contributed by atoms with E-state index in [0.29, 0.717) is 31.5 Å². The maximum Gasteiger partial charge on any atom is 0.387 e. The average Bonchev–Trinajstić information content (AvgIpc) is 3.10. The first-order valence-corrected chi connectivity index (χ1v) is 12.5. The third kappa shape index (κ3) is 6.52. The zero-order valence-electron chi connectivity index (χ0n) is 21.3. The zero-order valence-corrected chi connectivity index (χ0v) is 22.1. The molecule has 2 aromatic rings. The minimum absolute atomic E-state index is 0.0522. The second-order valence-electron chi connectivity index (χ2n) is 10.8. The van der Waals surface area contributed by atoms with Crippen molar-refractivity contribution in [2.75, 3.05) is 6.54 Å². The number of halogens is 3. The summed E-state index contributed by atoms with van der Waals surface area (Å²) in [5, 5.41) is 28.0. The van der Waals surface area contributed by atoms with E-state index in [1.807, 2.05) is 27.7 Å². The smallest absolute Gasteiger partial charge is 0.387 e. The van der Waals surface area contributed by atoms with Crippen LogP contribution in [0.25, 0.3) is 11.3 Å². The van der Waals surface area contributed by atoms with Gasteiger partial charge in [0, 0.05) is 31.0 Å². The molecule has 3 rings (SSSR count). The number of ether oxygens (including phenoxy) is 1. The molecule has 0 bridgehead atoms. The van der Waals surface area contributed by atoms with Crippen LogP contribution in [0.4, 0.5) is 8.78 Å². The molecule has 0 unspecified atom stereocenters. The lowest BCUT2D eigenvalue weighted by Gasteiger charge is -2.39. The standard InChI is InChI=1S/C25H35ClF2N4O4/c1-6-32-21(16-12-29-15(11-24(3,4)5)10-17(16)36-23(27)28)19(26)20(31-32)22(34)30-13-25(35)8-7-14(2)9-18(25)33/h10,12,14,18,23,33,35H,6-9,11,13H2,1-5H3,(H,30,34)/t14-,18-,25-/m1/s1. The topological polar surface area (TPSA) is 110 Å². The van der Waals surface area contributed by atoms with E-state index in [0.717, 1.165) is 6.42 Å². The monoisotopic (exact) mass is 528 g/mol. The Morgan fingerprint density at radius 1 is 1.42 bits per heavy atom. The molecule has 1 aliphatic carbocycles. The second kappa shape index (κ2) is 11.0. The Labute approximate surface area is 215 Å². The Hall–Kier alpha value is -2.30. The molecule has 1 aliphatic rings. The molecule has 2 aromatic heterocycles. The van der Waals surface area contributed by atoms with Crippen LogP contribution < -0.4 is 10.1 Å². The van der Waals surface area contributed by atoms with Crippen LogP contribution >= 0.6 is 11.6 Å². The van der Waals surface area contributed by atoms with Crippen molar-refractivity contribution in [3.8, 4) is 17.0 Å². The zero-order chi connectivity index (χ0) is 26.8. The molecule has 0 aliphatic heterocycles. The van der Waals surface area contributed by atoms with Crippen LogP contribution in [0.15, 0.2) is 12.3 Å². The van der Waals surface area contributed by atoms with Crippen molar-refractivity contribution in [1.29, 1.82) is 0 Å². The maximum atomic E-state index is 13.3. The fourth-order valence-corrected chi connectivity index (χ4v) is 4.79. The molecule has 0 radical (unpaired) electrons. The van der Waals surface area contributed by atoms with Gasteiger partial charge >= 0.3 is 6.61 Å². The predicted molar refractivity (Wildman–Crippen MR) is 132 cm³/mol. The molecule has 1 amide bonds. The third-order valence-electron chi connectivity index (χ3n) is 6.39. The second-order valence-corrected chi connectivity index (χ2v) is 11.2. The van der Waals surface area contributed by atoms with Gasteiger partial charge in [-0.2, -0.15) is 13.9 Å². The molecule has 0 aromatic carbocycles. The molecule has 36 heavy (non-hydrogen) atoms. The lowest BCUT2D eigenvalue weighted by Crippen LogP contribution is -2.54. The number of aryl methyl sites for hydroxylation is 1. The molecule has 0 saturated heterocycles. The first-order chi connectivity index (χ1) is 16.7. The molecule has 8 nitrogen and oxygen atoms in total. The lowest BCUT2D eigenvalue weighted by atomic mass is 9.77. The predicted octanol–water partition coefficient (Wildman–Crippen LogP) is 4.45. The number of hydrogen-bond donors (Lipinski definition) is 3. The van der Waals surface area contributed by atoms with Crippen molar-refractivity contribution in [3.63, 3.8) is 0 Å². The number of amides is 1. The molecule has 1 fully saturated rings. The Balaban J connectivity index is 1.92. The third-order valence-corrected chi connectivity index (χ3v) is 6.74. The SMILES string of the molecule is CCn1nc(C(=O)NC[C@]2(O)CC[C@@H](C)C[C@H]2O)c(Cl)c1-c1cnc(CC(C)(C)C)cc1OC(F)F. The van der Waals surface area contributed by atoms with Crippen LogP contribution in [0, 0.1) is 11.3 Å². The number of rotatable bonds is 8. The van der Waals surface area contributed by atoms with Gasteiger partial charge in [-0.25, -0.2) is 0 Å². The summed E-state index contributed by atoms with van der Waals surface area (Å²) in [6.07, 6.45) is 2.48. The van der Waals surface area contributed by atoms with E-state index < -0.39 is 24.2 Å². The molecule has 3 atom stereocenters. The number of hydrogen-bond acceptors (Lipinski definition) is 6. The van der Waals surface area contributed by atoms with E-state index in [4.69, 9.17) is 16.3 Å². The van der Waals surface area contributed by atoms with E-state index >= 15 is 0 Å². The lowest BCUT2D eigenvalue weighted by molar-refractivity contribution is -0.106. The summed E-state index contributed by atoms with van der Waals surface area (Å²) in [6.45, 7) is 6.84. The largest absolute Gasteiger partial charge is 0.434 e. The van der Waals surface area contributed by atoms with E-state index in [2.05, 4.69) is 15.4 Å². The summed E-state index contributed by atoms with van der Waals surface area (Å²) in [6, 6.07) is 1.46. The molecule has 0 spiro atoms. The van der Waals surface area contributed by atoms with E-state index in [-0.39, 0.29) is 45.6 Å². The first-order valence-electron chi connectivity index (χ1n) is 12.1. The van der Waals surface area contributed by atoms with Crippen LogP contribution in [0.1, 0.15) is 70.1 Å². The Kier molecular flexibility index (Phi) is 8.63. The van der Waals surface area contributed by atoms with Gasteiger partial charge in [-0.15, -0.1) is 0 Å². The summed E-state index contributed by atoms with van der Waals surface area (Å²) >= 11 is 6.57. The number of alkyl halides is 2. The quantitative estimate of drug-likeness (QED) is 0.467. The Bertz CT molecular complexity index is 1090. The first kappa shape index (κ1) is 28.3. The Morgan fingerprint density at radius 2 is 2.11 bits per heavy atom. The summed E-state index contributed by atoms with van der Waals surface area (Å²) in [7, 11) is 0. The van der Waals surface area contributed by atoms with E-state index in [1.165, 1.54) is 16.9 Å². The van der Waals surface area contributed by atoms with Gasteiger partial charge in [0.1, 0.15) is 11.4 Å². The van der Waals surface area contributed by atoms with Crippen LogP contribution in [0.3, 0.4) is 0 Å². The summed E-state index contributed by atoms with van der Waals surface area (Å²) in [5.74, 6) is -0.487. The number of aliphatic hydroxyl groups is 2. The van der Waals surface area contributed by atoms with Gasteiger partial charge in [0.05, 0.1) is 22.4 Å². The van der Waals surface area contributed by atoms with Crippen LogP contribution in [0.2, 0.25) is 5.02 Å². The number of carbonyl (C=O) groups excluding carboxylic acids is 1. The van der Waals surface area contributed by atoms with Gasteiger partial charge in [0.2, 0.25) is 0 Å². The van der Waals surface area contributed by atoms with Crippen molar-refractivity contribution in [2.24, 2.45) is 11.3 Å². The van der Waals surface area contributed by atoms with E-state index in [9.17, 15) is 23.8 Å². The number of nitrogens with one attached hydrogen (secondary N) is 1.